The highest BCUT2D eigenvalue weighted by Crippen LogP contribution is 2.32. The van der Waals surface area contributed by atoms with Gasteiger partial charge in [-0.2, -0.15) is 0 Å². The van der Waals surface area contributed by atoms with Crippen LogP contribution in [-0.2, 0) is 20.9 Å². The predicted octanol–water partition coefficient (Wildman–Crippen LogP) is 4.28. The smallest absolute Gasteiger partial charge is 0.319 e. The van der Waals surface area contributed by atoms with E-state index in [0.29, 0.717) is 17.2 Å². The largest absolute Gasteiger partial charge is 0.497 e. The summed E-state index contributed by atoms with van der Waals surface area (Å²) in [7, 11) is 4.36. The van der Waals surface area contributed by atoms with Crippen molar-refractivity contribution in [3.63, 3.8) is 0 Å². The van der Waals surface area contributed by atoms with Gasteiger partial charge in [-0.3, -0.25) is 14.5 Å². The van der Waals surface area contributed by atoms with E-state index in [2.05, 4.69) is 5.32 Å². The fourth-order valence-electron chi connectivity index (χ4n) is 2.64. The van der Waals surface area contributed by atoms with Crippen LogP contribution in [0.3, 0.4) is 0 Å². The molecular formula is C20H21Cl3N2O5. The summed E-state index contributed by atoms with van der Waals surface area (Å²) in [6.07, 6.45) is 0. The number of ether oxygens (including phenoxy) is 3. The van der Waals surface area contributed by atoms with E-state index in [-0.39, 0.29) is 34.7 Å². The van der Waals surface area contributed by atoms with Crippen molar-refractivity contribution >= 4 is 52.4 Å². The number of amides is 1. The fraction of sp³-hybridized carbons (Fsp3) is 0.300. The number of carbonyl (C=O) groups is 2. The number of hydrogen-bond acceptors (Lipinski definition) is 6. The molecule has 0 atom stereocenters. The molecule has 0 radical (unpaired) electrons. The lowest BCUT2D eigenvalue weighted by molar-refractivity contribution is -0.142. The van der Waals surface area contributed by atoms with Crippen LogP contribution in [0.5, 0.6) is 11.5 Å². The van der Waals surface area contributed by atoms with Gasteiger partial charge < -0.3 is 19.5 Å². The maximum atomic E-state index is 12.6. The number of hydrogen-bond donors (Lipinski definition) is 1. The van der Waals surface area contributed by atoms with Gasteiger partial charge in [0.25, 0.3) is 0 Å². The van der Waals surface area contributed by atoms with E-state index in [1.165, 1.54) is 19.2 Å². The van der Waals surface area contributed by atoms with Gasteiger partial charge in [-0.25, -0.2) is 0 Å². The van der Waals surface area contributed by atoms with Gasteiger partial charge in [0.15, 0.2) is 0 Å². The molecule has 162 valence electrons. The van der Waals surface area contributed by atoms with Crippen LogP contribution in [0.1, 0.15) is 5.56 Å². The Bertz CT molecular complexity index is 901. The summed E-state index contributed by atoms with van der Waals surface area (Å²) in [5.74, 6) is 0.308. The van der Waals surface area contributed by atoms with E-state index in [9.17, 15) is 9.59 Å². The maximum absolute atomic E-state index is 12.6. The molecule has 0 spiro atoms. The molecule has 30 heavy (non-hydrogen) atoms. The van der Waals surface area contributed by atoms with Crippen molar-refractivity contribution in [2.45, 2.75) is 6.54 Å². The normalized spacial score (nSPS) is 10.6. The Kier molecular flexibility index (Phi) is 9.05. The zero-order valence-corrected chi connectivity index (χ0v) is 18.9. The summed E-state index contributed by atoms with van der Waals surface area (Å²) in [6.45, 7) is 0.0644. The van der Waals surface area contributed by atoms with Gasteiger partial charge in [0.05, 0.1) is 55.2 Å². The summed E-state index contributed by atoms with van der Waals surface area (Å²) >= 11 is 18.0. The average molecular weight is 476 g/mol. The molecule has 10 heteroatoms. The molecule has 0 aliphatic carbocycles. The molecule has 0 aliphatic heterocycles. The molecule has 2 aromatic carbocycles. The van der Waals surface area contributed by atoms with E-state index in [4.69, 9.17) is 49.0 Å². The van der Waals surface area contributed by atoms with Crippen molar-refractivity contribution in [3.8, 4) is 11.5 Å². The highest BCUT2D eigenvalue weighted by atomic mass is 35.5. The number of esters is 1. The molecule has 2 aromatic rings. The Morgan fingerprint density at radius 1 is 0.867 bits per heavy atom. The van der Waals surface area contributed by atoms with Gasteiger partial charge in [0.2, 0.25) is 5.91 Å². The summed E-state index contributed by atoms with van der Waals surface area (Å²) in [4.78, 5) is 26.0. The number of rotatable bonds is 9. The quantitative estimate of drug-likeness (QED) is 0.431. The minimum absolute atomic E-state index is 0.0987. The van der Waals surface area contributed by atoms with Gasteiger partial charge in [-0.05, 0) is 29.8 Å². The number of nitrogens with zero attached hydrogens (tertiary/aromatic N) is 1. The Morgan fingerprint density at radius 3 is 2.03 bits per heavy atom. The number of anilines is 1. The van der Waals surface area contributed by atoms with Crippen LogP contribution < -0.4 is 14.8 Å². The topological polar surface area (TPSA) is 77.1 Å². The maximum Gasteiger partial charge on any atom is 0.319 e. The number of nitrogens with one attached hydrogen (secondary N) is 1. The van der Waals surface area contributed by atoms with Crippen LogP contribution in [0.2, 0.25) is 15.1 Å². The lowest BCUT2D eigenvalue weighted by Gasteiger charge is -2.21. The Labute approximate surface area is 189 Å². The lowest BCUT2D eigenvalue weighted by atomic mass is 10.2. The minimum atomic E-state index is -0.481. The molecule has 7 nitrogen and oxygen atoms in total. The van der Waals surface area contributed by atoms with Crippen molar-refractivity contribution in [2.75, 3.05) is 39.7 Å². The highest BCUT2D eigenvalue weighted by Gasteiger charge is 2.18. The summed E-state index contributed by atoms with van der Waals surface area (Å²) in [5, 5.41) is 3.45. The molecular weight excluding hydrogens is 455 g/mol. The fourth-order valence-corrected chi connectivity index (χ4v) is 3.24. The van der Waals surface area contributed by atoms with Crippen molar-refractivity contribution in [2.24, 2.45) is 0 Å². The second-order valence-corrected chi connectivity index (χ2v) is 7.46. The number of methoxy groups -OCH3 is 3. The Morgan fingerprint density at radius 2 is 1.47 bits per heavy atom. The molecule has 0 unspecified atom stereocenters. The second-order valence-electron chi connectivity index (χ2n) is 6.24. The minimum Gasteiger partial charge on any atom is -0.497 e. The molecule has 0 fully saturated rings. The van der Waals surface area contributed by atoms with Gasteiger partial charge in [-0.15, -0.1) is 0 Å². The Hall–Kier alpha value is -2.19. The summed E-state index contributed by atoms with van der Waals surface area (Å²) < 4.78 is 15.3. The average Bonchev–Trinajstić information content (AvgIpc) is 2.71. The number of carbonyl (C=O) groups excluding carboxylic acids is 2. The van der Waals surface area contributed by atoms with E-state index in [0.717, 1.165) is 5.56 Å². The summed E-state index contributed by atoms with van der Waals surface area (Å²) in [6, 6.07) is 8.21. The van der Waals surface area contributed by atoms with E-state index in [1.54, 1.807) is 37.3 Å². The molecule has 2 rings (SSSR count). The first-order valence-corrected chi connectivity index (χ1v) is 9.84. The molecule has 0 saturated heterocycles. The van der Waals surface area contributed by atoms with Crippen LogP contribution in [0, 0.1) is 0 Å². The predicted molar refractivity (Wildman–Crippen MR) is 117 cm³/mol. The SMILES string of the molecule is COC(=O)CN(CC(=O)Nc1cc(Cl)c(Cl)cc1Cl)Cc1cc(OC)cc(OC)c1. The standard InChI is InChI=1S/C20H21Cl3N2O5/c1-28-13-4-12(5-14(6-13)29-2)9-25(11-20(27)30-3)10-19(26)24-18-8-16(22)15(21)7-17(18)23/h4-8H,9-11H2,1-3H3,(H,24,26). The van der Waals surface area contributed by atoms with E-state index < -0.39 is 11.9 Å². The first-order valence-electron chi connectivity index (χ1n) is 8.71. The third-order valence-corrected chi connectivity index (χ3v) is 5.08. The highest BCUT2D eigenvalue weighted by molar-refractivity contribution is 6.44. The van der Waals surface area contributed by atoms with Gasteiger partial charge in [0.1, 0.15) is 11.5 Å². The third kappa shape index (κ3) is 6.95. The number of benzene rings is 2. The number of halogens is 3. The molecule has 0 saturated carbocycles. The zero-order valence-electron chi connectivity index (χ0n) is 16.6. The zero-order chi connectivity index (χ0) is 22.3. The first-order chi connectivity index (χ1) is 14.2. The van der Waals surface area contributed by atoms with Crippen LogP contribution in [0.4, 0.5) is 5.69 Å². The molecule has 1 amide bonds. The first kappa shape index (κ1) is 24.1. The Balaban J connectivity index is 2.18. The van der Waals surface area contributed by atoms with Crippen LogP contribution in [0.25, 0.3) is 0 Å². The second kappa shape index (κ2) is 11.3. The van der Waals surface area contributed by atoms with E-state index in [1.807, 2.05) is 0 Å². The molecule has 0 aromatic heterocycles. The van der Waals surface area contributed by atoms with Crippen molar-refractivity contribution in [1.82, 2.24) is 4.90 Å². The molecule has 0 bridgehead atoms. The van der Waals surface area contributed by atoms with Gasteiger partial charge in [-0.1, -0.05) is 34.8 Å². The van der Waals surface area contributed by atoms with Gasteiger partial charge >= 0.3 is 5.97 Å². The van der Waals surface area contributed by atoms with Crippen LogP contribution >= 0.6 is 34.8 Å². The monoisotopic (exact) mass is 474 g/mol. The van der Waals surface area contributed by atoms with Crippen molar-refractivity contribution < 1.29 is 23.8 Å². The third-order valence-electron chi connectivity index (χ3n) is 4.05. The van der Waals surface area contributed by atoms with Crippen molar-refractivity contribution in [3.05, 3.63) is 51.0 Å². The van der Waals surface area contributed by atoms with Gasteiger partial charge in [0, 0.05) is 12.6 Å². The van der Waals surface area contributed by atoms with E-state index >= 15 is 0 Å². The molecule has 0 aliphatic rings. The lowest BCUT2D eigenvalue weighted by Crippen LogP contribution is -2.37. The van der Waals surface area contributed by atoms with Crippen LogP contribution in [0.15, 0.2) is 30.3 Å². The molecule has 1 N–H and O–H groups in total. The van der Waals surface area contributed by atoms with Crippen molar-refractivity contribution in [1.29, 1.82) is 0 Å². The summed E-state index contributed by atoms with van der Waals surface area (Å²) in [5.41, 5.74) is 1.10. The molecule has 0 heterocycles. The van der Waals surface area contributed by atoms with Crippen LogP contribution in [-0.4, -0.2) is 51.2 Å².